The molecule has 2 saturated heterocycles. The molecule has 0 spiro atoms. The van der Waals surface area contributed by atoms with Gasteiger partial charge in [-0.25, -0.2) is 4.79 Å². The zero-order chi connectivity index (χ0) is 14.8. The maximum absolute atomic E-state index is 12.3. The second-order valence-electron chi connectivity index (χ2n) is 5.21. The quantitative estimate of drug-likeness (QED) is 0.775. The molecule has 0 bridgehead atoms. The van der Waals surface area contributed by atoms with Crippen LogP contribution in [0.4, 0.5) is 10.5 Å². The second-order valence-corrected chi connectivity index (χ2v) is 5.62. The van der Waals surface area contributed by atoms with E-state index in [1.165, 1.54) is 0 Å². The summed E-state index contributed by atoms with van der Waals surface area (Å²) < 4.78 is 0. The molecule has 0 aromatic heterocycles. The zero-order valence-electron chi connectivity index (χ0n) is 11.9. The third kappa shape index (κ3) is 3.45. The average molecular weight is 345 g/mol. The number of carbonyl (C=O) groups excluding carboxylic acids is 2. The minimum Gasteiger partial charge on any atom is -0.348 e. The number of hydrogen-bond acceptors (Lipinski definition) is 3. The fraction of sp³-hybridized carbons (Fsp3) is 0.429. The van der Waals surface area contributed by atoms with E-state index in [4.69, 9.17) is 11.6 Å². The molecule has 2 fully saturated rings. The maximum atomic E-state index is 12.3. The highest BCUT2D eigenvalue weighted by molar-refractivity contribution is 6.34. The lowest BCUT2D eigenvalue weighted by molar-refractivity contribution is 0.0940. The van der Waals surface area contributed by atoms with Gasteiger partial charge in [-0.05, 0) is 31.2 Å². The van der Waals surface area contributed by atoms with Crippen molar-refractivity contribution in [3.63, 3.8) is 0 Å². The predicted octanol–water partition coefficient (Wildman–Crippen LogP) is 1.38. The fourth-order valence-corrected chi connectivity index (χ4v) is 2.83. The summed E-state index contributed by atoms with van der Waals surface area (Å²) in [5.41, 5.74) is 1.09. The van der Waals surface area contributed by atoms with Crippen molar-refractivity contribution in [1.82, 2.24) is 16.0 Å². The Labute approximate surface area is 140 Å². The number of nitrogens with one attached hydrogen (secondary N) is 3. The van der Waals surface area contributed by atoms with Crippen LogP contribution in [-0.2, 0) is 0 Å². The maximum Gasteiger partial charge on any atom is 0.322 e. The van der Waals surface area contributed by atoms with E-state index in [2.05, 4.69) is 16.0 Å². The van der Waals surface area contributed by atoms with Gasteiger partial charge in [-0.3, -0.25) is 9.69 Å². The smallest absolute Gasteiger partial charge is 0.322 e. The van der Waals surface area contributed by atoms with Gasteiger partial charge in [0.15, 0.2) is 0 Å². The van der Waals surface area contributed by atoms with Crippen LogP contribution in [0.3, 0.4) is 0 Å². The Bertz CT molecular complexity index is 576. The highest BCUT2D eigenvalue weighted by Gasteiger charge is 2.24. The normalized spacial score (nSPS) is 20.5. The molecule has 120 valence electrons. The molecule has 1 aromatic carbocycles. The van der Waals surface area contributed by atoms with E-state index in [1.807, 2.05) is 0 Å². The van der Waals surface area contributed by atoms with E-state index in [0.29, 0.717) is 29.4 Å². The fourth-order valence-electron chi connectivity index (χ4n) is 2.61. The molecule has 1 atom stereocenters. The summed E-state index contributed by atoms with van der Waals surface area (Å²) in [5, 5.41) is 9.37. The van der Waals surface area contributed by atoms with Crippen LogP contribution in [0.1, 0.15) is 16.8 Å². The van der Waals surface area contributed by atoms with Gasteiger partial charge in [0.25, 0.3) is 5.91 Å². The topological polar surface area (TPSA) is 73.5 Å². The molecule has 0 aliphatic carbocycles. The van der Waals surface area contributed by atoms with E-state index >= 15 is 0 Å². The van der Waals surface area contributed by atoms with Gasteiger partial charge in [0, 0.05) is 31.2 Å². The van der Waals surface area contributed by atoms with Crippen molar-refractivity contribution in [3.8, 4) is 0 Å². The van der Waals surface area contributed by atoms with Crippen molar-refractivity contribution in [3.05, 3.63) is 28.8 Å². The van der Waals surface area contributed by atoms with Gasteiger partial charge in [0.2, 0.25) is 0 Å². The van der Waals surface area contributed by atoms with Crippen molar-refractivity contribution in [2.75, 3.05) is 31.1 Å². The van der Waals surface area contributed by atoms with Gasteiger partial charge in [-0.1, -0.05) is 11.6 Å². The number of hydrogen-bond donors (Lipinski definition) is 3. The van der Waals surface area contributed by atoms with Crippen molar-refractivity contribution < 1.29 is 9.59 Å². The van der Waals surface area contributed by atoms with Crippen LogP contribution in [0.5, 0.6) is 0 Å². The standard InChI is InChI=1S/C14H17ClN4O2.ClH/c15-11-2-1-9(13(20)18-10-3-4-16-8-10)7-12(11)19-6-5-17-14(19)21;/h1-2,7,10,16H,3-6,8H2,(H,17,21)(H,18,20);1H. The number of nitrogens with zero attached hydrogens (tertiary/aromatic N) is 1. The highest BCUT2D eigenvalue weighted by Crippen LogP contribution is 2.28. The number of amides is 3. The summed E-state index contributed by atoms with van der Waals surface area (Å²) in [6, 6.07) is 4.98. The molecular formula is C14H18Cl2N4O2. The van der Waals surface area contributed by atoms with Crippen molar-refractivity contribution in [1.29, 1.82) is 0 Å². The van der Waals surface area contributed by atoms with Crippen LogP contribution < -0.4 is 20.9 Å². The summed E-state index contributed by atoms with van der Waals surface area (Å²) in [5.74, 6) is -0.138. The average Bonchev–Trinajstić information content (AvgIpc) is 3.11. The number of carbonyl (C=O) groups is 2. The lowest BCUT2D eigenvalue weighted by Gasteiger charge is -2.17. The number of anilines is 1. The van der Waals surface area contributed by atoms with Crippen LogP contribution in [0.25, 0.3) is 0 Å². The van der Waals surface area contributed by atoms with Crippen molar-refractivity contribution >= 4 is 41.6 Å². The van der Waals surface area contributed by atoms with Gasteiger partial charge in [0.1, 0.15) is 0 Å². The van der Waals surface area contributed by atoms with Crippen LogP contribution >= 0.6 is 24.0 Å². The molecule has 0 saturated carbocycles. The van der Waals surface area contributed by atoms with E-state index < -0.39 is 0 Å². The molecule has 2 aliphatic heterocycles. The number of benzene rings is 1. The first-order valence-electron chi connectivity index (χ1n) is 7.01. The summed E-state index contributed by atoms with van der Waals surface area (Å²) in [6.45, 7) is 2.85. The van der Waals surface area contributed by atoms with Crippen molar-refractivity contribution in [2.45, 2.75) is 12.5 Å². The van der Waals surface area contributed by atoms with Crippen molar-refractivity contribution in [2.24, 2.45) is 0 Å². The van der Waals surface area contributed by atoms with Crippen LogP contribution in [0, 0.1) is 0 Å². The first kappa shape index (κ1) is 16.9. The van der Waals surface area contributed by atoms with E-state index in [-0.39, 0.29) is 30.4 Å². The van der Waals surface area contributed by atoms with Gasteiger partial charge in [0.05, 0.1) is 10.7 Å². The first-order chi connectivity index (χ1) is 10.1. The molecule has 3 amide bonds. The van der Waals surface area contributed by atoms with Gasteiger partial charge >= 0.3 is 6.03 Å². The predicted molar refractivity (Wildman–Crippen MR) is 88.2 cm³/mol. The minimum atomic E-state index is -0.186. The Kier molecular flexibility index (Phi) is 5.50. The van der Waals surface area contributed by atoms with Gasteiger partial charge in [-0.2, -0.15) is 0 Å². The largest absolute Gasteiger partial charge is 0.348 e. The molecule has 22 heavy (non-hydrogen) atoms. The highest BCUT2D eigenvalue weighted by atomic mass is 35.5. The molecule has 0 radical (unpaired) electrons. The third-order valence-corrected chi connectivity index (χ3v) is 4.07. The Morgan fingerprint density at radius 1 is 1.36 bits per heavy atom. The molecule has 8 heteroatoms. The molecule has 3 rings (SSSR count). The van der Waals surface area contributed by atoms with Crippen LogP contribution in [0.15, 0.2) is 18.2 Å². The van der Waals surface area contributed by atoms with Crippen LogP contribution in [0.2, 0.25) is 5.02 Å². The Hall–Kier alpha value is -1.50. The molecule has 6 nitrogen and oxygen atoms in total. The molecule has 2 aliphatic rings. The Morgan fingerprint density at radius 3 is 2.82 bits per heavy atom. The summed E-state index contributed by atoms with van der Waals surface area (Å²) in [7, 11) is 0. The molecule has 2 heterocycles. The molecular weight excluding hydrogens is 327 g/mol. The van der Waals surface area contributed by atoms with E-state index in [0.717, 1.165) is 19.5 Å². The summed E-state index contributed by atoms with van der Waals surface area (Å²) >= 11 is 6.15. The SMILES string of the molecule is Cl.O=C(NC1CCNC1)c1ccc(Cl)c(N2CCNC2=O)c1. The first-order valence-corrected chi connectivity index (χ1v) is 7.39. The van der Waals surface area contributed by atoms with Gasteiger partial charge in [-0.15, -0.1) is 12.4 Å². The molecule has 3 N–H and O–H groups in total. The Balaban J connectivity index is 0.00000176. The lowest BCUT2D eigenvalue weighted by atomic mass is 10.1. The van der Waals surface area contributed by atoms with Crippen LogP contribution in [-0.4, -0.2) is 44.2 Å². The zero-order valence-corrected chi connectivity index (χ0v) is 13.5. The molecule has 1 aromatic rings. The lowest BCUT2D eigenvalue weighted by Crippen LogP contribution is -2.36. The number of rotatable bonds is 3. The Morgan fingerprint density at radius 2 is 2.18 bits per heavy atom. The number of urea groups is 1. The van der Waals surface area contributed by atoms with E-state index in [1.54, 1.807) is 23.1 Å². The van der Waals surface area contributed by atoms with E-state index in [9.17, 15) is 9.59 Å². The third-order valence-electron chi connectivity index (χ3n) is 3.75. The minimum absolute atomic E-state index is 0. The summed E-state index contributed by atoms with van der Waals surface area (Å²) in [6.07, 6.45) is 0.931. The number of halogens is 2. The monoisotopic (exact) mass is 344 g/mol. The second kappa shape index (κ2) is 7.17. The summed E-state index contributed by atoms with van der Waals surface area (Å²) in [4.78, 5) is 25.5. The van der Waals surface area contributed by atoms with Gasteiger partial charge < -0.3 is 16.0 Å². The molecule has 1 unspecified atom stereocenters.